The van der Waals surface area contributed by atoms with Crippen molar-refractivity contribution in [3.63, 3.8) is 0 Å². The Balaban J connectivity index is 2.10. The molecule has 0 radical (unpaired) electrons. The topological polar surface area (TPSA) is 46.5 Å². The van der Waals surface area contributed by atoms with Gasteiger partial charge in [-0.1, -0.05) is 29.8 Å². The highest BCUT2D eigenvalue weighted by atomic mass is 35.5. The summed E-state index contributed by atoms with van der Waals surface area (Å²) in [6.45, 7) is -0.0543. The number of hydrogen-bond donors (Lipinski definition) is 1. The summed E-state index contributed by atoms with van der Waals surface area (Å²) in [6.07, 6.45) is 0. The second kappa shape index (κ2) is 6.39. The Morgan fingerprint density at radius 1 is 1.25 bits per heavy atom. The molecule has 0 aliphatic carbocycles. The molecule has 0 aromatic heterocycles. The quantitative estimate of drug-likeness (QED) is 0.914. The Labute approximate surface area is 120 Å². The molecule has 1 N–H and O–H groups in total. The molecule has 0 fully saturated rings. The number of benzene rings is 2. The average Bonchev–Trinajstić information content (AvgIpc) is 2.41. The van der Waals surface area contributed by atoms with E-state index in [1.165, 1.54) is 24.3 Å². The van der Waals surface area contributed by atoms with Gasteiger partial charge in [0.25, 0.3) is 0 Å². The Kier molecular flexibility index (Phi) is 4.58. The molecule has 1 atom stereocenters. The van der Waals surface area contributed by atoms with Crippen LogP contribution in [0.25, 0.3) is 0 Å². The fourth-order valence-corrected chi connectivity index (χ4v) is 1.92. The van der Waals surface area contributed by atoms with E-state index in [-0.39, 0.29) is 6.61 Å². The van der Waals surface area contributed by atoms with Crippen LogP contribution in [-0.4, -0.2) is 17.7 Å². The molecule has 0 saturated heterocycles. The van der Waals surface area contributed by atoms with E-state index in [1.54, 1.807) is 24.3 Å². The minimum atomic E-state index is -1.03. The third-order valence-corrected chi connectivity index (χ3v) is 3.02. The molecule has 2 aromatic carbocycles. The minimum absolute atomic E-state index is 0.0543. The molecule has 3 nitrogen and oxygen atoms in total. The lowest BCUT2D eigenvalue weighted by Crippen LogP contribution is -2.19. The summed E-state index contributed by atoms with van der Waals surface area (Å²) >= 11 is 5.82. The summed E-state index contributed by atoms with van der Waals surface area (Å²) in [7, 11) is 0. The van der Waals surface area contributed by atoms with Crippen LogP contribution >= 0.6 is 11.6 Å². The third kappa shape index (κ3) is 3.71. The molecular weight excluding hydrogens is 283 g/mol. The summed E-state index contributed by atoms with van der Waals surface area (Å²) in [5.41, 5.74) is 0.487. The Bertz CT molecular complexity index is 598. The summed E-state index contributed by atoms with van der Waals surface area (Å²) in [6, 6.07) is 12.0. The first-order valence-electron chi connectivity index (χ1n) is 5.93. The molecule has 0 saturated carbocycles. The van der Waals surface area contributed by atoms with Crippen molar-refractivity contribution in [1.82, 2.24) is 0 Å². The van der Waals surface area contributed by atoms with Gasteiger partial charge in [0.1, 0.15) is 24.1 Å². The lowest BCUT2D eigenvalue weighted by molar-refractivity contribution is -0.139. The fourth-order valence-electron chi connectivity index (χ4n) is 1.74. The number of halogens is 2. The summed E-state index contributed by atoms with van der Waals surface area (Å²) < 4.78 is 18.3. The van der Waals surface area contributed by atoms with E-state index >= 15 is 0 Å². The van der Waals surface area contributed by atoms with E-state index in [9.17, 15) is 14.3 Å². The van der Waals surface area contributed by atoms with Gasteiger partial charge >= 0.3 is 5.97 Å². The molecule has 0 aliphatic heterocycles. The standard InChI is InChI=1S/C15H12ClFO3/c16-11-2-1-3-13(8-11)20-9-14(15(18)19)10-4-6-12(17)7-5-10/h1-8,14H,9H2,(H,18,19). The predicted octanol–water partition coefficient (Wildman–Crippen LogP) is 3.73. The first kappa shape index (κ1) is 14.3. The lowest BCUT2D eigenvalue weighted by atomic mass is 10.0. The van der Waals surface area contributed by atoms with E-state index in [4.69, 9.17) is 16.3 Å². The van der Waals surface area contributed by atoms with Crippen LogP contribution in [0.5, 0.6) is 5.75 Å². The highest BCUT2D eigenvalue weighted by Gasteiger charge is 2.20. The van der Waals surface area contributed by atoms with Crippen LogP contribution in [0.3, 0.4) is 0 Å². The Morgan fingerprint density at radius 3 is 2.55 bits per heavy atom. The zero-order valence-corrected chi connectivity index (χ0v) is 11.2. The molecule has 104 valence electrons. The molecule has 20 heavy (non-hydrogen) atoms. The zero-order chi connectivity index (χ0) is 14.5. The van der Waals surface area contributed by atoms with Crippen LogP contribution in [0, 0.1) is 5.82 Å². The van der Waals surface area contributed by atoms with Crippen LogP contribution in [-0.2, 0) is 4.79 Å². The summed E-state index contributed by atoms with van der Waals surface area (Å²) in [4.78, 5) is 11.3. The van der Waals surface area contributed by atoms with Crippen LogP contribution in [0.4, 0.5) is 4.39 Å². The van der Waals surface area contributed by atoms with Gasteiger partial charge in [-0.15, -0.1) is 0 Å². The number of carbonyl (C=O) groups is 1. The predicted molar refractivity (Wildman–Crippen MR) is 73.7 cm³/mol. The molecule has 2 rings (SSSR count). The van der Waals surface area contributed by atoms with Gasteiger partial charge in [-0.05, 0) is 35.9 Å². The van der Waals surface area contributed by atoms with Crippen molar-refractivity contribution in [2.45, 2.75) is 5.92 Å². The monoisotopic (exact) mass is 294 g/mol. The highest BCUT2D eigenvalue weighted by molar-refractivity contribution is 6.30. The van der Waals surface area contributed by atoms with Gasteiger partial charge in [0.2, 0.25) is 0 Å². The van der Waals surface area contributed by atoms with Gasteiger partial charge in [-0.2, -0.15) is 0 Å². The third-order valence-electron chi connectivity index (χ3n) is 2.78. The molecule has 2 aromatic rings. The number of carboxylic acids is 1. The molecule has 0 heterocycles. The maximum absolute atomic E-state index is 12.9. The lowest BCUT2D eigenvalue weighted by Gasteiger charge is -2.14. The maximum atomic E-state index is 12.9. The maximum Gasteiger partial charge on any atom is 0.314 e. The van der Waals surface area contributed by atoms with Gasteiger partial charge in [0, 0.05) is 5.02 Å². The molecule has 0 aliphatic rings. The Hall–Kier alpha value is -2.07. The van der Waals surface area contributed by atoms with Gasteiger partial charge in [0.15, 0.2) is 0 Å². The minimum Gasteiger partial charge on any atom is -0.492 e. The summed E-state index contributed by atoms with van der Waals surface area (Å²) in [5.74, 6) is -1.81. The van der Waals surface area contributed by atoms with E-state index in [2.05, 4.69) is 0 Å². The first-order valence-corrected chi connectivity index (χ1v) is 6.30. The second-order valence-corrected chi connectivity index (χ2v) is 4.65. The van der Waals surface area contributed by atoms with Crippen molar-refractivity contribution in [2.24, 2.45) is 0 Å². The molecule has 0 bridgehead atoms. The number of hydrogen-bond acceptors (Lipinski definition) is 2. The van der Waals surface area contributed by atoms with E-state index in [0.717, 1.165) is 0 Å². The summed E-state index contributed by atoms with van der Waals surface area (Å²) in [5, 5.41) is 9.74. The van der Waals surface area contributed by atoms with Crippen molar-refractivity contribution >= 4 is 17.6 Å². The van der Waals surface area contributed by atoms with Gasteiger partial charge < -0.3 is 9.84 Å². The van der Waals surface area contributed by atoms with Crippen LogP contribution in [0.1, 0.15) is 11.5 Å². The second-order valence-electron chi connectivity index (χ2n) is 4.21. The molecular formula is C15H12ClFO3. The number of aliphatic carboxylic acids is 1. The number of rotatable bonds is 5. The smallest absolute Gasteiger partial charge is 0.314 e. The van der Waals surface area contributed by atoms with Gasteiger partial charge in [-0.3, -0.25) is 4.79 Å². The SMILES string of the molecule is O=C(O)C(COc1cccc(Cl)c1)c1ccc(F)cc1. The Morgan fingerprint density at radius 2 is 1.95 bits per heavy atom. The van der Waals surface area contributed by atoms with Crippen molar-refractivity contribution in [3.8, 4) is 5.75 Å². The average molecular weight is 295 g/mol. The highest BCUT2D eigenvalue weighted by Crippen LogP contribution is 2.21. The van der Waals surface area contributed by atoms with Crippen LogP contribution < -0.4 is 4.74 Å². The van der Waals surface area contributed by atoms with E-state index < -0.39 is 17.7 Å². The molecule has 0 amide bonds. The molecule has 1 unspecified atom stereocenters. The molecule has 5 heteroatoms. The first-order chi connectivity index (χ1) is 9.56. The van der Waals surface area contributed by atoms with Crippen LogP contribution in [0.2, 0.25) is 5.02 Å². The number of ether oxygens (including phenoxy) is 1. The van der Waals surface area contributed by atoms with Crippen molar-refractivity contribution < 1.29 is 19.0 Å². The molecule has 0 spiro atoms. The van der Waals surface area contributed by atoms with Crippen molar-refractivity contribution in [2.75, 3.05) is 6.61 Å². The number of carboxylic acid groups (broad SMARTS) is 1. The van der Waals surface area contributed by atoms with Gasteiger partial charge in [-0.25, -0.2) is 4.39 Å². The normalized spacial score (nSPS) is 11.9. The largest absolute Gasteiger partial charge is 0.492 e. The van der Waals surface area contributed by atoms with Crippen molar-refractivity contribution in [3.05, 3.63) is 64.9 Å². The van der Waals surface area contributed by atoms with Crippen molar-refractivity contribution in [1.29, 1.82) is 0 Å². The van der Waals surface area contributed by atoms with Gasteiger partial charge in [0.05, 0.1) is 0 Å². The van der Waals surface area contributed by atoms with E-state index in [1.807, 2.05) is 0 Å². The van der Waals surface area contributed by atoms with E-state index in [0.29, 0.717) is 16.3 Å². The zero-order valence-electron chi connectivity index (χ0n) is 10.4. The fraction of sp³-hybridized carbons (Fsp3) is 0.133. The van der Waals surface area contributed by atoms with Crippen LogP contribution in [0.15, 0.2) is 48.5 Å².